The number of nitriles is 1. The van der Waals surface area contributed by atoms with Gasteiger partial charge >= 0.3 is 6.03 Å². The molecule has 1 atom stereocenters. The number of piperazine rings is 1. The van der Waals surface area contributed by atoms with E-state index in [0.717, 1.165) is 75.5 Å². The number of aromatic nitrogens is 5. The van der Waals surface area contributed by atoms with Gasteiger partial charge < -0.3 is 21.3 Å². The van der Waals surface area contributed by atoms with Crippen LogP contribution in [0.3, 0.4) is 0 Å². The molecular formula is C38H46FN13O2. The SMILES string of the molecule is C[C@H](C#N)Nc1cc(Nc2ncc(CN)cc2F)ncc1-n1cc(C2CCC(CCN3CCN(c4ccc(N5CCC(=O)NC5=O)cc4)CC3)CC2)nn1. The van der Waals surface area contributed by atoms with Gasteiger partial charge in [0.1, 0.15) is 17.5 Å². The molecule has 3 aromatic heterocycles. The Morgan fingerprint density at radius 1 is 1.02 bits per heavy atom. The monoisotopic (exact) mass is 735 g/mol. The number of carbonyl (C=O) groups is 2. The summed E-state index contributed by atoms with van der Waals surface area (Å²) < 4.78 is 16.3. The lowest BCUT2D eigenvalue weighted by molar-refractivity contribution is -0.120. The number of nitrogens with zero attached hydrogens (tertiary/aromatic N) is 9. The van der Waals surface area contributed by atoms with Crippen molar-refractivity contribution in [2.45, 2.75) is 64.0 Å². The van der Waals surface area contributed by atoms with Crippen LogP contribution >= 0.6 is 0 Å². The lowest BCUT2D eigenvalue weighted by Crippen LogP contribution is -2.49. The average molecular weight is 736 g/mol. The van der Waals surface area contributed by atoms with Crippen LogP contribution in [0.25, 0.3) is 5.69 Å². The number of hydrogen-bond donors (Lipinski definition) is 4. The molecule has 7 rings (SSSR count). The topological polar surface area (TPSA) is 186 Å². The second-order valence-electron chi connectivity index (χ2n) is 14.3. The molecule has 1 aliphatic carbocycles. The quantitative estimate of drug-likeness (QED) is 0.158. The van der Waals surface area contributed by atoms with Crippen LogP contribution in [-0.2, 0) is 11.3 Å². The smallest absolute Gasteiger partial charge is 0.328 e. The molecule has 3 aliphatic rings. The molecule has 2 aliphatic heterocycles. The zero-order chi connectivity index (χ0) is 37.6. The maximum Gasteiger partial charge on any atom is 0.328 e. The van der Waals surface area contributed by atoms with Gasteiger partial charge in [0.15, 0.2) is 11.6 Å². The molecule has 0 bridgehead atoms. The fourth-order valence-electron chi connectivity index (χ4n) is 7.46. The van der Waals surface area contributed by atoms with E-state index in [0.29, 0.717) is 47.6 Å². The molecule has 5 heterocycles. The maximum absolute atomic E-state index is 14.6. The van der Waals surface area contributed by atoms with Crippen molar-refractivity contribution >= 4 is 40.6 Å². The Kier molecular flexibility index (Phi) is 11.3. The zero-order valence-electron chi connectivity index (χ0n) is 30.4. The first kappa shape index (κ1) is 36.7. The summed E-state index contributed by atoms with van der Waals surface area (Å²) in [6, 6.07) is 12.4. The third kappa shape index (κ3) is 8.58. The first-order chi connectivity index (χ1) is 26.3. The first-order valence-electron chi connectivity index (χ1n) is 18.7. The van der Waals surface area contributed by atoms with Crippen LogP contribution in [0.5, 0.6) is 0 Å². The van der Waals surface area contributed by atoms with Crippen LogP contribution in [0.15, 0.2) is 55.0 Å². The Morgan fingerprint density at radius 3 is 2.48 bits per heavy atom. The fraction of sp³-hybridized carbons (Fsp3) is 0.447. The Bertz CT molecular complexity index is 1980. The normalized spacial score (nSPS) is 20.0. The van der Waals surface area contributed by atoms with Crippen molar-refractivity contribution in [3.05, 3.63) is 72.1 Å². The largest absolute Gasteiger partial charge is 0.369 e. The number of rotatable bonds is 12. The van der Waals surface area contributed by atoms with E-state index in [4.69, 9.17) is 5.73 Å². The minimum atomic E-state index is -0.536. The van der Waals surface area contributed by atoms with E-state index in [1.54, 1.807) is 28.8 Å². The highest BCUT2D eigenvalue weighted by Gasteiger charge is 2.27. The fourth-order valence-corrected chi connectivity index (χ4v) is 7.46. The van der Waals surface area contributed by atoms with E-state index in [2.05, 4.69) is 64.2 Å². The predicted octanol–water partition coefficient (Wildman–Crippen LogP) is 4.66. The number of hydrogen-bond acceptors (Lipinski definition) is 12. The summed E-state index contributed by atoms with van der Waals surface area (Å²) in [4.78, 5) is 38.9. The molecule has 16 heteroatoms. The first-order valence-corrected chi connectivity index (χ1v) is 18.7. The number of anilines is 5. The third-order valence-corrected chi connectivity index (χ3v) is 10.7. The highest BCUT2D eigenvalue weighted by molar-refractivity contribution is 6.05. The standard InChI is InChI=1S/C38H46FN13O2/c1-25(20-40)44-32-19-35(45-37-31(39)18-27(21-41)22-43-37)42-23-34(32)52-24-33(47-48-52)28-4-2-26(3-5-28)10-12-49-14-16-50(17-15-49)29-6-8-30(9-7-29)51-13-11-36(53)46-38(51)54/h6-9,18-19,22-26,28H,2-5,10-17,21,41H2,1H3,(H,46,53,54)(H2,42,43,44,45)/t25-,26?,28?/m1/s1. The van der Waals surface area contributed by atoms with Gasteiger partial charge in [-0.05, 0) is 87.4 Å². The molecule has 54 heavy (non-hydrogen) atoms. The van der Waals surface area contributed by atoms with Crippen molar-refractivity contribution in [1.82, 2.24) is 35.2 Å². The van der Waals surface area contributed by atoms with E-state index in [1.807, 2.05) is 18.3 Å². The molecule has 0 spiro atoms. The van der Waals surface area contributed by atoms with E-state index in [9.17, 15) is 19.2 Å². The number of carbonyl (C=O) groups excluding carboxylic acids is 2. The molecule has 0 unspecified atom stereocenters. The second kappa shape index (κ2) is 16.6. The second-order valence-corrected chi connectivity index (χ2v) is 14.3. The van der Waals surface area contributed by atoms with Crippen molar-refractivity contribution in [1.29, 1.82) is 5.26 Å². The van der Waals surface area contributed by atoms with Gasteiger partial charge in [0, 0.05) is 75.2 Å². The molecule has 1 saturated carbocycles. The van der Waals surface area contributed by atoms with Crippen LogP contribution in [-0.4, -0.2) is 87.1 Å². The summed E-state index contributed by atoms with van der Waals surface area (Å²) >= 11 is 0. The lowest BCUT2D eigenvalue weighted by Gasteiger charge is -2.37. The maximum atomic E-state index is 14.6. The van der Waals surface area contributed by atoms with E-state index >= 15 is 0 Å². The molecule has 3 amide bonds. The van der Waals surface area contributed by atoms with Crippen LogP contribution in [0.2, 0.25) is 0 Å². The predicted molar refractivity (Wildman–Crippen MR) is 203 cm³/mol. The summed E-state index contributed by atoms with van der Waals surface area (Å²) in [5.41, 5.74) is 10.3. The van der Waals surface area contributed by atoms with Gasteiger partial charge in [-0.15, -0.1) is 5.10 Å². The molecule has 282 valence electrons. The summed E-state index contributed by atoms with van der Waals surface area (Å²) in [5, 5.41) is 27.0. The molecule has 5 N–H and O–H groups in total. The minimum absolute atomic E-state index is 0.0272. The highest BCUT2D eigenvalue weighted by atomic mass is 19.1. The molecule has 3 fully saturated rings. The third-order valence-electron chi connectivity index (χ3n) is 10.7. The van der Waals surface area contributed by atoms with Gasteiger partial charge in [-0.2, -0.15) is 5.26 Å². The summed E-state index contributed by atoms with van der Waals surface area (Å²) in [6.07, 6.45) is 11.0. The van der Waals surface area contributed by atoms with Crippen molar-refractivity contribution in [2.24, 2.45) is 11.7 Å². The molecule has 1 aromatic carbocycles. The number of benzene rings is 1. The number of imide groups is 1. The van der Waals surface area contributed by atoms with Gasteiger partial charge in [-0.3, -0.25) is 19.9 Å². The number of halogens is 1. The van der Waals surface area contributed by atoms with Gasteiger partial charge in [-0.25, -0.2) is 23.8 Å². The Hall–Kier alpha value is -5.66. The van der Waals surface area contributed by atoms with Gasteiger partial charge in [0.05, 0.1) is 29.8 Å². The Morgan fingerprint density at radius 2 is 1.78 bits per heavy atom. The minimum Gasteiger partial charge on any atom is -0.369 e. The molecule has 0 radical (unpaired) electrons. The zero-order valence-corrected chi connectivity index (χ0v) is 30.4. The van der Waals surface area contributed by atoms with Gasteiger partial charge in [0.25, 0.3) is 0 Å². The van der Waals surface area contributed by atoms with Gasteiger partial charge in [0.2, 0.25) is 5.91 Å². The van der Waals surface area contributed by atoms with Crippen molar-refractivity contribution in [2.75, 3.05) is 59.7 Å². The average Bonchev–Trinajstić information content (AvgIpc) is 3.69. The molecule has 2 saturated heterocycles. The van der Waals surface area contributed by atoms with Crippen molar-refractivity contribution in [3.63, 3.8) is 0 Å². The van der Waals surface area contributed by atoms with Crippen molar-refractivity contribution in [3.8, 4) is 11.8 Å². The molecule has 4 aromatic rings. The van der Waals surface area contributed by atoms with E-state index in [-0.39, 0.29) is 24.3 Å². The van der Waals surface area contributed by atoms with Crippen LogP contribution < -0.4 is 31.5 Å². The Balaban J connectivity index is 0.887. The summed E-state index contributed by atoms with van der Waals surface area (Å²) in [6.45, 7) is 7.39. The number of nitrogens with two attached hydrogens (primary N) is 1. The summed E-state index contributed by atoms with van der Waals surface area (Å²) in [7, 11) is 0. The van der Waals surface area contributed by atoms with Crippen molar-refractivity contribution < 1.29 is 14.0 Å². The number of pyridine rings is 2. The molecule has 15 nitrogen and oxygen atoms in total. The Labute approximate surface area is 313 Å². The number of urea groups is 1. The van der Waals surface area contributed by atoms with Crippen LogP contribution in [0, 0.1) is 23.1 Å². The van der Waals surface area contributed by atoms with Crippen LogP contribution in [0.1, 0.15) is 62.6 Å². The number of nitrogens with one attached hydrogen (secondary N) is 3. The molecular weight excluding hydrogens is 690 g/mol. The number of amides is 3. The van der Waals surface area contributed by atoms with E-state index in [1.165, 1.54) is 18.7 Å². The highest BCUT2D eigenvalue weighted by Crippen LogP contribution is 2.37. The van der Waals surface area contributed by atoms with E-state index < -0.39 is 11.9 Å². The van der Waals surface area contributed by atoms with Crippen LogP contribution in [0.4, 0.5) is 37.9 Å². The van der Waals surface area contributed by atoms with Gasteiger partial charge in [-0.1, -0.05) is 5.21 Å². The lowest BCUT2D eigenvalue weighted by atomic mass is 9.79. The summed E-state index contributed by atoms with van der Waals surface area (Å²) in [5.74, 6) is 0.627.